The molecular formula is C22H26N2O3. The molecule has 2 aliphatic rings. The first-order chi connectivity index (χ1) is 13.2. The Morgan fingerprint density at radius 2 is 2.00 bits per heavy atom. The third-order valence-corrected chi connectivity index (χ3v) is 5.55. The molecule has 2 aliphatic heterocycles. The van der Waals surface area contributed by atoms with E-state index in [1.807, 2.05) is 13.0 Å². The molecule has 0 bridgehead atoms. The number of aromatic nitrogens is 1. The normalized spacial score (nSPS) is 17.0. The van der Waals surface area contributed by atoms with E-state index in [-0.39, 0.29) is 6.10 Å². The molecule has 0 amide bonds. The number of aldehydes is 1. The van der Waals surface area contributed by atoms with Gasteiger partial charge < -0.3 is 14.4 Å². The number of hydrogen-bond acceptors (Lipinski definition) is 5. The summed E-state index contributed by atoms with van der Waals surface area (Å²) >= 11 is 0. The molecule has 1 fully saturated rings. The van der Waals surface area contributed by atoms with Gasteiger partial charge in [-0.15, -0.1) is 0 Å². The number of carbonyl (C=O) groups is 1. The van der Waals surface area contributed by atoms with Crippen LogP contribution in [0.4, 0.5) is 5.82 Å². The third kappa shape index (κ3) is 3.69. The van der Waals surface area contributed by atoms with Gasteiger partial charge in [0.15, 0.2) is 6.29 Å². The van der Waals surface area contributed by atoms with Gasteiger partial charge in [-0.05, 0) is 48.2 Å². The maximum absolute atomic E-state index is 11.2. The van der Waals surface area contributed by atoms with E-state index < -0.39 is 0 Å². The molecule has 0 N–H and O–H groups in total. The molecule has 4 rings (SSSR count). The summed E-state index contributed by atoms with van der Waals surface area (Å²) in [4.78, 5) is 18.2. The Balaban J connectivity index is 1.42. The van der Waals surface area contributed by atoms with Crippen LogP contribution in [0.25, 0.3) is 0 Å². The lowest BCUT2D eigenvalue weighted by atomic mass is 10.0. The van der Waals surface area contributed by atoms with Crippen LogP contribution in [-0.2, 0) is 24.4 Å². The first kappa shape index (κ1) is 18.0. The summed E-state index contributed by atoms with van der Waals surface area (Å²) in [5, 5.41) is 0. The van der Waals surface area contributed by atoms with Gasteiger partial charge in [0.25, 0.3) is 0 Å². The fourth-order valence-electron chi connectivity index (χ4n) is 3.90. The summed E-state index contributed by atoms with van der Waals surface area (Å²) in [6.07, 6.45) is 3.92. The quantitative estimate of drug-likeness (QED) is 0.753. The average molecular weight is 366 g/mol. The average Bonchev–Trinajstić information content (AvgIpc) is 3.16. The highest BCUT2D eigenvalue weighted by molar-refractivity contribution is 5.77. The van der Waals surface area contributed by atoms with Crippen molar-refractivity contribution in [1.82, 2.24) is 4.98 Å². The van der Waals surface area contributed by atoms with Crippen LogP contribution in [-0.4, -0.2) is 30.5 Å². The van der Waals surface area contributed by atoms with Crippen molar-refractivity contribution < 1.29 is 14.3 Å². The van der Waals surface area contributed by atoms with Crippen LogP contribution in [0.1, 0.15) is 52.5 Å². The van der Waals surface area contributed by atoms with Crippen molar-refractivity contribution in [1.29, 1.82) is 0 Å². The zero-order valence-electron chi connectivity index (χ0n) is 16.0. The van der Waals surface area contributed by atoms with Crippen LogP contribution in [0, 0.1) is 6.92 Å². The number of fused-ring (bicyclic) bond motifs is 1. The summed E-state index contributed by atoms with van der Waals surface area (Å²) < 4.78 is 11.7. The maximum atomic E-state index is 11.2. The Bertz CT molecular complexity index is 842. The highest BCUT2D eigenvalue weighted by atomic mass is 16.5. The minimum absolute atomic E-state index is 0.224. The second-order valence-electron chi connectivity index (χ2n) is 7.34. The van der Waals surface area contributed by atoms with Crippen molar-refractivity contribution in [3.05, 3.63) is 52.2 Å². The predicted octanol–water partition coefficient (Wildman–Crippen LogP) is 3.84. The zero-order chi connectivity index (χ0) is 18.8. The monoisotopic (exact) mass is 366 g/mol. The van der Waals surface area contributed by atoms with Gasteiger partial charge in [0.1, 0.15) is 17.7 Å². The van der Waals surface area contributed by atoms with E-state index in [4.69, 9.17) is 14.5 Å². The summed E-state index contributed by atoms with van der Waals surface area (Å²) in [5.41, 5.74) is 5.14. The van der Waals surface area contributed by atoms with Gasteiger partial charge in [-0.1, -0.05) is 13.0 Å². The van der Waals surface area contributed by atoms with Crippen LogP contribution in [0.2, 0.25) is 0 Å². The number of hydrogen-bond donors (Lipinski definition) is 0. The molecule has 0 aliphatic carbocycles. The van der Waals surface area contributed by atoms with E-state index >= 15 is 0 Å². The number of piperidine rings is 1. The number of nitrogens with zero attached hydrogens (tertiary/aromatic N) is 2. The molecule has 0 radical (unpaired) electrons. The number of anilines is 1. The van der Waals surface area contributed by atoms with Crippen molar-refractivity contribution in [2.24, 2.45) is 0 Å². The smallest absolute Gasteiger partial charge is 0.151 e. The van der Waals surface area contributed by atoms with E-state index in [0.717, 1.165) is 61.5 Å². The van der Waals surface area contributed by atoms with Crippen LogP contribution >= 0.6 is 0 Å². The molecule has 2 aromatic rings. The summed E-state index contributed by atoms with van der Waals surface area (Å²) in [6.45, 7) is 7.24. The molecule has 1 aromatic heterocycles. The van der Waals surface area contributed by atoms with E-state index in [0.29, 0.717) is 18.8 Å². The van der Waals surface area contributed by atoms with Crippen molar-refractivity contribution >= 4 is 12.1 Å². The Morgan fingerprint density at radius 3 is 2.74 bits per heavy atom. The predicted molar refractivity (Wildman–Crippen MR) is 105 cm³/mol. The van der Waals surface area contributed by atoms with Gasteiger partial charge in [0.2, 0.25) is 0 Å². The Labute approximate surface area is 160 Å². The summed E-state index contributed by atoms with van der Waals surface area (Å²) in [6, 6.07) is 8.27. The lowest BCUT2D eigenvalue weighted by molar-refractivity contribution is 0.112. The summed E-state index contributed by atoms with van der Waals surface area (Å²) in [5.74, 6) is 1.96. The van der Waals surface area contributed by atoms with Crippen LogP contribution in [0.15, 0.2) is 24.3 Å². The minimum atomic E-state index is 0.224. The number of ether oxygens (including phenoxy) is 2. The zero-order valence-corrected chi connectivity index (χ0v) is 16.0. The van der Waals surface area contributed by atoms with E-state index in [1.165, 1.54) is 11.1 Å². The SMILES string of the molecule is CCc1cc(C=O)c(C)nc1N1CCC(Oc2ccc3c(c2)COC3)CC1. The van der Waals surface area contributed by atoms with Crippen molar-refractivity contribution in [2.45, 2.75) is 52.4 Å². The van der Waals surface area contributed by atoms with E-state index in [2.05, 4.69) is 30.0 Å². The van der Waals surface area contributed by atoms with Gasteiger partial charge in [-0.3, -0.25) is 4.79 Å². The van der Waals surface area contributed by atoms with Crippen LogP contribution in [0.3, 0.4) is 0 Å². The lowest BCUT2D eigenvalue weighted by Gasteiger charge is -2.34. The number of aryl methyl sites for hydroxylation is 2. The van der Waals surface area contributed by atoms with E-state index in [9.17, 15) is 4.79 Å². The van der Waals surface area contributed by atoms with Gasteiger partial charge in [-0.25, -0.2) is 4.98 Å². The minimum Gasteiger partial charge on any atom is -0.490 e. The molecular weight excluding hydrogens is 340 g/mol. The number of rotatable bonds is 5. The number of benzene rings is 1. The van der Waals surface area contributed by atoms with Gasteiger partial charge in [-0.2, -0.15) is 0 Å². The summed E-state index contributed by atoms with van der Waals surface area (Å²) in [7, 11) is 0. The molecule has 0 saturated carbocycles. The molecule has 0 unspecified atom stereocenters. The van der Waals surface area contributed by atoms with Crippen LogP contribution in [0.5, 0.6) is 5.75 Å². The lowest BCUT2D eigenvalue weighted by Crippen LogP contribution is -2.39. The number of pyridine rings is 1. The maximum Gasteiger partial charge on any atom is 0.151 e. The Kier molecular flexibility index (Phi) is 5.12. The Hall–Kier alpha value is -2.40. The molecule has 27 heavy (non-hydrogen) atoms. The second kappa shape index (κ2) is 7.69. The topological polar surface area (TPSA) is 51.7 Å². The molecule has 142 valence electrons. The van der Waals surface area contributed by atoms with Crippen molar-refractivity contribution in [3.8, 4) is 5.75 Å². The van der Waals surface area contributed by atoms with Gasteiger partial charge >= 0.3 is 0 Å². The fourth-order valence-corrected chi connectivity index (χ4v) is 3.90. The fraction of sp³-hybridized carbons (Fsp3) is 0.455. The molecule has 3 heterocycles. The van der Waals surface area contributed by atoms with Crippen molar-refractivity contribution in [2.75, 3.05) is 18.0 Å². The molecule has 0 atom stereocenters. The highest BCUT2D eigenvalue weighted by Crippen LogP contribution is 2.29. The molecule has 0 spiro atoms. The second-order valence-corrected chi connectivity index (χ2v) is 7.34. The van der Waals surface area contributed by atoms with Gasteiger partial charge in [0, 0.05) is 31.5 Å². The van der Waals surface area contributed by atoms with Gasteiger partial charge in [0.05, 0.1) is 18.9 Å². The van der Waals surface area contributed by atoms with E-state index in [1.54, 1.807) is 0 Å². The van der Waals surface area contributed by atoms with Crippen molar-refractivity contribution in [3.63, 3.8) is 0 Å². The highest BCUT2D eigenvalue weighted by Gasteiger charge is 2.24. The molecule has 5 heteroatoms. The third-order valence-electron chi connectivity index (χ3n) is 5.55. The first-order valence-corrected chi connectivity index (χ1v) is 9.74. The first-order valence-electron chi connectivity index (χ1n) is 9.74. The molecule has 5 nitrogen and oxygen atoms in total. The molecule has 1 saturated heterocycles. The largest absolute Gasteiger partial charge is 0.490 e. The molecule has 1 aromatic carbocycles. The number of carbonyl (C=O) groups excluding carboxylic acids is 1. The Morgan fingerprint density at radius 1 is 1.22 bits per heavy atom. The standard InChI is InChI=1S/C22H26N2O3/c1-3-16-10-18(12-25)15(2)23-22(16)24-8-6-20(7-9-24)27-21-5-4-17-13-26-14-19(17)11-21/h4-5,10-12,20H,3,6-9,13-14H2,1-2H3. The van der Waals surface area contributed by atoms with Crippen LogP contribution < -0.4 is 9.64 Å².